The molecule has 0 amide bonds. The van der Waals surface area contributed by atoms with Gasteiger partial charge in [0.1, 0.15) is 34.1 Å². The molecule has 0 aliphatic carbocycles. The SMILES string of the molecule is O=C(Oc1ccccc1C(=O)Oc1ccccc1)Oc1ccccc1C(=O)Oc1ccccc1. The topological polar surface area (TPSA) is 88.1 Å². The molecule has 7 heteroatoms. The van der Waals surface area contributed by atoms with Gasteiger partial charge in [0.2, 0.25) is 0 Å². The van der Waals surface area contributed by atoms with E-state index in [-0.39, 0.29) is 22.6 Å². The standard InChI is InChI=1S/C27H18O7/c28-25(31-19-11-3-1-4-12-19)21-15-7-9-17-23(21)33-27(30)34-24-18-10-8-16-22(24)26(29)32-20-13-5-2-6-14-20/h1-18H. The average Bonchev–Trinajstić information content (AvgIpc) is 2.86. The van der Waals surface area contributed by atoms with Crippen LogP contribution in [0.4, 0.5) is 4.79 Å². The summed E-state index contributed by atoms with van der Waals surface area (Å²) in [4.78, 5) is 37.7. The fourth-order valence-corrected chi connectivity index (χ4v) is 2.95. The van der Waals surface area contributed by atoms with E-state index >= 15 is 0 Å². The Balaban J connectivity index is 1.47. The molecule has 4 rings (SSSR count). The Morgan fingerprint density at radius 2 is 0.765 bits per heavy atom. The Kier molecular flexibility index (Phi) is 6.95. The second kappa shape index (κ2) is 10.6. The first-order valence-electron chi connectivity index (χ1n) is 10.2. The van der Waals surface area contributed by atoms with Gasteiger partial charge < -0.3 is 18.9 Å². The molecule has 0 atom stereocenters. The second-order valence-electron chi connectivity index (χ2n) is 6.85. The van der Waals surface area contributed by atoms with E-state index in [1.54, 1.807) is 84.9 Å². The first-order valence-corrected chi connectivity index (χ1v) is 10.2. The number of hydrogen-bond donors (Lipinski definition) is 0. The van der Waals surface area contributed by atoms with Gasteiger partial charge >= 0.3 is 18.1 Å². The van der Waals surface area contributed by atoms with Crippen molar-refractivity contribution in [3.63, 3.8) is 0 Å². The number of ether oxygens (including phenoxy) is 4. The van der Waals surface area contributed by atoms with Crippen LogP contribution in [0, 0.1) is 0 Å². The van der Waals surface area contributed by atoms with Crippen molar-refractivity contribution in [1.29, 1.82) is 0 Å². The molecule has 4 aromatic rings. The van der Waals surface area contributed by atoms with E-state index in [9.17, 15) is 14.4 Å². The molecule has 4 aromatic carbocycles. The van der Waals surface area contributed by atoms with Crippen LogP contribution in [0.25, 0.3) is 0 Å². The highest BCUT2D eigenvalue weighted by Crippen LogP contribution is 2.24. The average molecular weight is 454 g/mol. The number of para-hydroxylation sites is 4. The van der Waals surface area contributed by atoms with E-state index in [1.165, 1.54) is 24.3 Å². The largest absolute Gasteiger partial charge is 0.519 e. The van der Waals surface area contributed by atoms with Crippen molar-refractivity contribution in [2.24, 2.45) is 0 Å². The molecule has 0 saturated heterocycles. The van der Waals surface area contributed by atoms with Gasteiger partial charge in [-0.1, -0.05) is 60.7 Å². The number of benzene rings is 4. The molecule has 0 unspecified atom stereocenters. The maximum absolute atomic E-state index is 12.6. The van der Waals surface area contributed by atoms with Gasteiger partial charge in [-0.05, 0) is 48.5 Å². The van der Waals surface area contributed by atoms with Crippen molar-refractivity contribution >= 4 is 18.1 Å². The Bertz CT molecular complexity index is 1200. The summed E-state index contributed by atoms with van der Waals surface area (Å²) in [6.07, 6.45) is -1.14. The van der Waals surface area contributed by atoms with Gasteiger partial charge in [0, 0.05) is 0 Å². The van der Waals surface area contributed by atoms with E-state index in [0.717, 1.165) is 0 Å². The van der Waals surface area contributed by atoms with E-state index in [0.29, 0.717) is 11.5 Å². The van der Waals surface area contributed by atoms with Crippen molar-refractivity contribution in [1.82, 2.24) is 0 Å². The minimum atomic E-state index is -1.14. The van der Waals surface area contributed by atoms with Crippen LogP contribution in [0.2, 0.25) is 0 Å². The molecule has 7 nitrogen and oxygen atoms in total. The van der Waals surface area contributed by atoms with Crippen LogP contribution in [0.1, 0.15) is 20.7 Å². The van der Waals surface area contributed by atoms with Crippen LogP contribution in [0.5, 0.6) is 23.0 Å². The van der Waals surface area contributed by atoms with Gasteiger partial charge in [0.05, 0.1) is 0 Å². The monoisotopic (exact) mass is 454 g/mol. The van der Waals surface area contributed by atoms with Crippen LogP contribution in [-0.4, -0.2) is 18.1 Å². The summed E-state index contributed by atoms with van der Waals surface area (Å²) >= 11 is 0. The smallest absolute Gasteiger partial charge is 0.423 e. The van der Waals surface area contributed by atoms with Crippen LogP contribution < -0.4 is 18.9 Å². The molecule has 0 N–H and O–H groups in total. The highest BCUT2D eigenvalue weighted by molar-refractivity contribution is 5.96. The molecule has 0 aromatic heterocycles. The fraction of sp³-hybridized carbons (Fsp3) is 0. The molecule has 168 valence electrons. The summed E-state index contributed by atoms with van der Waals surface area (Å²) in [5, 5.41) is 0. The predicted molar refractivity (Wildman–Crippen MR) is 122 cm³/mol. The number of carbonyl (C=O) groups excluding carboxylic acids is 3. The van der Waals surface area contributed by atoms with Gasteiger partial charge in [0.25, 0.3) is 0 Å². The Hall–Kier alpha value is -4.91. The molecule has 0 fully saturated rings. The van der Waals surface area contributed by atoms with Gasteiger partial charge in [-0.15, -0.1) is 0 Å². The van der Waals surface area contributed by atoms with Crippen molar-refractivity contribution in [2.45, 2.75) is 0 Å². The lowest BCUT2D eigenvalue weighted by molar-refractivity contribution is 0.0723. The molecule has 0 aliphatic rings. The second-order valence-corrected chi connectivity index (χ2v) is 6.85. The lowest BCUT2D eigenvalue weighted by Crippen LogP contribution is -2.19. The lowest BCUT2D eigenvalue weighted by atomic mass is 10.2. The zero-order valence-electron chi connectivity index (χ0n) is 17.8. The van der Waals surface area contributed by atoms with Crippen LogP contribution >= 0.6 is 0 Å². The summed E-state index contributed by atoms with van der Waals surface area (Å²) in [5.41, 5.74) is 0.0557. The first kappa shape index (κ1) is 22.3. The van der Waals surface area contributed by atoms with Crippen molar-refractivity contribution in [2.75, 3.05) is 0 Å². The van der Waals surface area contributed by atoms with Crippen molar-refractivity contribution < 1.29 is 33.3 Å². The van der Waals surface area contributed by atoms with Crippen molar-refractivity contribution in [3.8, 4) is 23.0 Å². The molecule has 0 spiro atoms. The third-order valence-corrected chi connectivity index (χ3v) is 4.51. The van der Waals surface area contributed by atoms with Gasteiger partial charge in [-0.2, -0.15) is 0 Å². The van der Waals surface area contributed by atoms with E-state index in [2.05, 4.69) is 0 Å². The fourth-order valence-electron chi connectivity index (χ4n) is 2.95. The number of hydrogen-bond acceptors (Lipinski definition) is 7. The summed E-state index contributed by atoms with van der Waals surface area (Å²) in [6.45, 7) is 0. The zero-order chi connectivity index (χ0) is 23.8. The van der Waals surface area contributed by atoms with E-state index in [1.807, 2.05) is 0 Å². The number of carbonyl (C=O) groups is 3. The Morgan fingerprint density at radius 1 is 0.412 bits per heavy atom. The highest BCUT2D eigenvalue weighted by atomic mass is 16.7. The minimum Gasteiger partial charge on any atom is -0.423 e. The molecule has 0 heterocycles. The van der Waals surface area contributed by atoms with Crippen LogP contribution in [0.15, 0.2) is 109 Å². The molecule has 0 aliphatic heterocycles. The number of esters is 2. The third-order valence-electron chi connectivity index (χ3n) is 4.51. The molecule has 0 radical (unpaired) electrons. The number of rotatable bonds is 6. The molecular formula is C27H18O7. The molecular weight excluding hydrogens is 436 g/mol. The van der Waals surface area contributed by atoms with Gasteiger partial charge in [-0.25, -0.2) is 14.4 Å². The lowest BCUT2D eigenvalue weighted by Gasteiger charge is -2.12. The quantitative estimate of drug-likeness (QED) is 0.210. The normalized spacial score (nSPS) is 10.1. The van der Waals surface area contributed by atoms with Crippen molar-refractivity contribution in [3.05, 3.63) is 120 Å². The minimum absolute atomic E-state index is 0.0278. The third kappa shape index (κ3) is 5.66. The highest BCUT2D eigenvalue weighted by Gasteiger charge is 2.21. The molecule has 0 bridgehead atoms. The zero-order valence-corrected chi connectivity index (χ0v) is 17.8. The molecule has 0 saturated carbocycles. The van der Waals surface area contributed by atoms with E-state index in [4.69, 9.17) is 18.9 Å². The summed E-state index contributed by atoms with van der Waals surface area (Å²) in [7, 11) is 0. The van der Waals surface area contributed by atoms with Gasteiger partial charge in [0.15, 0.2) is 0 Å². The summed E-state index contributed by atoms with van der Waals surface area (Å²) < 4.78 is 21.1. The van der Waals surface area contributed by atoms with Crippen LogP contribution in [-0.2, 0) is 0 Å². The molecule has 34 heavy (non-hydrogen) atoms. The summed E-state index contributed by atoms with van der Waals surface area (Å²) in [6, 6.07) is 29.1. The van der Waals surface area contributed by atoms with Gasteiger partial charge in [-0.3, -0.25) is 0 Å². The maximum atomic E-state index is 12.6. The summed E-state index contributed by atoms with van der Waals surface area (Å²) in [5.74, 6) is -0.843. The first-order chi connectivity index (χ1) is 16.6. The predicted octanol–water partition coefficient (Wildman–Crippen LogP) is 5.70. The Labute approximate surface area is 195 Å². The Morgan fingerprint density at radius 3 is 1.18 bits per heavy atom. The van der Waals surface area contributed by atoms with Crippen LogP contribution in [0.3, 0.4) is 0 Å². The maximum Gasteiger partial charge on any atom is 0.519 e. The van der Waals surface area contributed by atoms with E-state index < -0.39 is 18.1 Å².